The second-order valence-electron chi connectivity index (χ2n) is 9.91. The lowest BCUT2D eigenvalue weighted by atomic mass is 9.75. The summed E-state index contributed by atoms with van der Waals surface area (Å²) in [4.78, 5) is 17.4. The molecule has 0 bridgehead atoms. The molecular formula is C24H31BN2O4. The van der Waals surface area contributed by atoms with Crippen LogP contribution in [0, 0.1) is 0 Å². The maximum absolute atomic E-state index is 13.0. The number of hydrogen-bond acceptors (Lipinski definition) is 6. The first-order valence-electron chi connectivity index (χ1n) is 11.3. The first-order valence-corrected chi connectivity index (χ1v) is 11.3. The van der Waals surface area contributed by atoms with Crippen molar-refractivity contribution >= 4 is 24.1 Å². The van der Waals surface area contributed by atoms with Crippen LogP contribution in [0.5, 0.6) is 0 Å². The first kappa shape index (κ1) is 20.8. The number of Topliss-reactive ketones (excluding diaryl/α,β-unsaturated/α-hetero) is 1. The molecule has 5 rings (SSSR count). The van der Waals surface area contributed by atoms with E-state index in [-0.39, 0.29) is 12.4 Å². The summed E-state index contributed by atoms with van der Waals surface area (Å²) in [6.07, 6.45) is 6.11. The highest BCUT2D eigenvalue weighted by Gasteiger charge is 2.52. The Labute approximate surface area is 184 Å². The van der Waals surface area contributed by atoms with Gasteiger partial charge in [0.15, 0.2) is 0 Å². The van der Waals surface area contributed by atoms with Gasteiger partial charge in [0.1, 0.15) is 5.70 Å². The minimum atomic E-state index is -0.539. The van der Waals surface area contributed by atoms with Gasteiger partial charge < -0.3 is 24.2 Å². The molecule has 0 spiro atoms. The van der Waals surface area contributed by atoms with E-state index in [4.69, 9.17) is 9.31 Å². The van der Waals surface area contributed by atoms with Crippen molar-refractivity contribution in [2.24, 2.45) is 0 Å². The van der Waals surface area contributed by atoms with Crippen molar-refractivity contribution in [2.75, 3.05) is 18.0 Å². The highest BCUT2D eigenvalue weighted by atomic mass is 16.7. The van der Waals surface area contributed by atoms with Gasteiger partial charge in [-0.15, -0.1) is 0 Å². The molecule has 3 aliphatic heterocycles. The maximum Gasteiger partial charge on any atom is 0.495 e. The van der Waals surface area contributed by atoms with Crippen molar-refractivity contribution in [1.29, 1.82) is 0 Å². The van der Waals surface area contributed by atoms with Gasteiger partial charge in [-0.05, 0) is 64.9 Å². The first-order chi connectivity index (χ1) is 14.7. The number of hydrogen-bond donors (Lipinski definition) is 1. The Morgan fingerprint density at radius 1 is 1.06 bits per heavy atom. The van der Waals surface area contributed by atoms with Crippen LogP contribution in [0.25, 0.3) is 0 Å². The monoisotopic (exact) mass is 422 g/mol. The third-order valence-electron chi connectivity index (χ3n) is 7.57. The van der Waals surface area contributed by atoms with Crippen molar-refractivity contribution in [3.8, 4) is 0 Å². The molecule has 1 aliphatic carbocycles. The predicted octanol–water partition coefficient (Wildman–Crippen LogP) is 2.85. The lowest BCUT2D eigenvalue weighted by Gasteiger charge is -2.35. The number of rotatable bonds is 3. The number of aliphatic hydroxyl groups excluding tert-OH is 1. The lowest BCUT2D eigenvalue weighted by Crippen LogP contribution is -2.41. The summed E-state index contributed by atoms with van der Waals surface area (Å²) >= 11 is 0. The van der Waals surface area contributed by atoms with Gasteiger partial charge >= 0.3 is 7.12 Å². The Kier molecular flexibility index (Phi) is 4.85. The lowest BCUT2D eigenvalue weighted by molar-refractivity contribution is -0.112. The van der Waals surface area contributed by atoms with E-state index in [0.717, 1.165) is 66.8 Å². The van der Waals surface area contributed by atoms with Crippen molar-refractivity contribution in [1.82, 2.24) is 4.90 Å². The smallest absolute Gasteiger partial charge is 0.399 e. The quantitative estimate of drug-likeness (QED) is 0.756. The van der Waals surface area contributed by atoms with E-state index >= 15 is 0 Å². The Balaban J connectivity index is 1.49. The molecule has 3 heterocycles. The summed E-state index contributed by atoms with van der Waals surface area (Å²) in [5, 5.41) is 10.3. The summed E-state index contributed by atoms with van der Waals surface area (Å²) < 4.78 is 12.5. The number of aliphatic hydroxyl groups is 1. The number of carbonyl (C=O) groups excluding carboxylic acids is 1. The zero-order chi connectivity index (χ0) is 22.0. The van der Waals surface area contributed by atoms with Crippen molar-refractivity contribution in [3.05, 3.63) is 46.9 Å². The number of nitrogens with zero attached hydrogens (tertiary/aromatic N) is 2. The molecule has 0 unspecified atom stereocenters. The molecule has 7 heteroatoms. The van der Waals surface area contributed by atoms with Gasteiger partial charge in [0.25, 0.3) is 0 Å². The maximum atomic E-state index is 13.0. The standard InChI is InChI=1S/C24H31BN2O4/c1-23(2)24(3,4)31-25(30-23)18-9-7-11-19(17(18)15-28)26-12-13-27-20-10-6-5-8-16(20)22(29)21(27)14-26/h7,9,11,14,28H,5-6,8,10,12-13,15H2,1-4H3. The van der Waals surface area contributed by atoms with Gasteiger partial charge in [-0.2, -0.15) is 0 Å². The molecule has 1 aromatic rings. The molecule has 0 radical (unpaired) electrons. The average molecular weight is 422 g/mol. The van der Waals surface area contributed by atoms with Crippen LogP contribution in [0.3, 0.4) is 0 Å². The zero-order valence-electron chi connectivity index (χ0n) is 18.9. The average Bonchev–Trinajstić information content (AvgIpc) is 3.16. The van der Waals surface area contributed by atoms with Crippen molar-refractivity contribution in [3.63, 3.8) is 0 Å². The minimum Gasteiger partial charge on any atom is -0.399 e. The van der Waals surface area contributed by atoms with Crippen LogP contribution in [-0.2, 0) is 20.7 Å². The second kappa shape index (κ2) is 7.22. The summed E-state index contributed by atoms with van der Waals surface area (Å²) in [7, 11) is -0.539. The molecule has 0 atom stereocenters. The van der Waals surface area contributed by atoms with Crippen LogP contribution >= 0.6 is 0 Å². The minimum absolute atomic E-state index is 0.123. The number of carbonyl (C=O) groups is 1. The van der Waals surface area contributed by atoms with E-state index < -0.39 is 18.3 Å². The summed E-state index contributed by atoms with van der Waals surface area (Å²) in [6, 6.07) is 5.93. The fourth-order valence-corrected chi connectivity index (χ4v) is 5.07. The fraction of sp³-hybridized carbons (Fsp3) is 0.542. The van der Waals surface area contributed by atoms with Gasteiger partial charge in [-0.3, -0.25) is 4.79 Å². The van der Waals surface area contributed by atoms with E-state index in [1.54, 1.807) is 0 Å². The van der Waals surface area contributed by atoms with E-state index in [1.807, 2.05) is 52.1 Å². The molecule has 0 aromatic heterocycles. The molecule has 1 N–H and O–H groups in total. The number of fused-ring (bicyclic) bond motifs is 2. The molecule has 0 saturated carbocycles. The molecule has 164 valence electrons. The summed E-state index contributed by atoms with van der Waals surface area (Å²) in [5.41, 5.74) is 4.64. The Hall–Kier alpha value is -2.09. The zero-order valence-corrected chi connectivity index (χ0v) is 18.9. The van der Waals surface area contributed by atoms with Crippen LogP contribution in [0.4, 0.5) is 5.69 Å². The SMILES string of the molecule is CC1(C)OB(c2cccc(N3C=C4C(=O)C5=C(CCCC5)N4CC3)c2CO)OC1(C)C. The van der Waals surface area contributed by atoms with Crippen LogP contribution in [0.2, 0.25) is 0 Å². The van der Waals surface area contributed by atoms with Crippen LogP contribution in [-0.4, -0.2) is 47.2 Å². The topological polar surface area (TPSA) is 62.2 Å². The highest BCUT2D eigenvalue weighted by molar-refractivity contribution is 6.62. The Bertz CT molecular complexity index is 981. The number of ketones is 1. The second-order valence-corrected chi connectivity index (χ2v) is 9.91. The van der Waals surface area contributed by atoms with E-state index in [0.29, 0.717) is 0 Å². The van der Waals surface area contributed by atoms with Gasteiger partial charge in [0.2, 0.25) is 5.78 Å². The molecule has 0 amide bonds. The van der Waals surface area contributed by atoms with Crippen molar-refractivity contribution < 1.29 is 19.2 Å². The molecule has 6 nitrogen and oxygen atoms in total. The Morgan fingerprint density at radius 3 is 2.48 bits per heavy atom. The van der Waals surface area contributed by atoms with Gasteiger partial charge in [-0.1, -0.05) is 12.1 Å². The summed E-state index contributed by atoms with van der Waals surface area (Å²) in [5.74, 6) is 0.173. The normalized spacial score (nSPS) is 24.5. The van der Waals surface area contributed by atoms with Crippen LogP contribution in [0.15, 0.2) is 41.4 Å². The van der Waals surface area contributed by atoms with Gasteiger partial charge in [0, 0.05) is 41.8 Å². The molecule has 1 saturated heterocycles. The molecule has 4 aliphatic rings. The van der Waals surface area contributed by atoms with Gasteiger partial charge in [0.05, 0.1) is 17.8 Å². The molecular weight excluding hydrogens is 391 g/mol. The molecule has 1 aromatic carbocycles. The molecule has 1 fully saturated rings. The van der Waals surface area contributed by atoms with Crippen LogP contribution < -0.4 is 10.4 Å². The number of allylic oxidation sites excluding steroid dienone is 2. The Morgan fingerprint density at radius 2 is 1.77 bits per heavy atom. The third kappa shape index (κ3) is 3.17. The largest absolute Gasteiger partial charge is 0.495 e. The number of benzene rings is 1. The predicted molar refractivity (Wildman–Crippen MR) is 121 cm³/mol. The van der Waals surface area contributed by atoms with Crippen LogP contribution in [0.1, 0.15) is 58.9 Å². The van der Waals surface area contributed by atoms with E-state index in [9.17, 15) is 9.90 Å². The third-order valence-corrected chi connectivity index (χ3v) is 7.57. The van der Waals surface area contributed by atoms with E-state index in [2.05, 4.69) is 9.80 Å². The highest BCUT2D eigenvalue weighted by Crippen LogP contribution is 2.41. The van der Waals surface area contributed by atoms with Crippen molar-refractivity contribution in [2.45, 2.75) is 71.2 Å². The molecule has 31 heavy (non-hydrogen) atoms. The van der Waals surface area contributed by atoms with E-state index in [1.165, 1.54) is 5.70 Å². The summed E-state index contributed by atoms with van der Waals surface area (Å²) in [6.45, 7) is 9.52. The fourth-order valence-electron chi connectivity index (χ4n) is 5.07. The number of anilines is 1. The van der Waals surface area contributed by atoms with Gasteiger partial charge in [-0.25, -0.2) is 0 Å².